The molecule has 0 aliphatic rings. The molecular weight excluding hydrogens is 380 g/mol. The fraction of sp³-hybridized carbons (Fsp3) is 0.263. The average molecular weight is 401 g/mol. The zero-order valence-corrected chi connectivity index (χ0v) is 17.0. The molecule has 0 spiro atoms. The second-order valence-electron chi connectivity index (χ2n) is 6.09. The largest absolute Gasteiger partial charge is 0.301 e. The lowest BCUT2D eigenvalue weighted by molar-refractivity contribution is -0.113. The number of hydrogen-bond donors (Lipinski definition) is 2. The molecule has 0 saturated carbocycles. The van der Waals surface area contributed by atoms with Gasteiger partial charge in [-0.1, -0.05) is 42.1 Å². The number of thioether (sulfide) groups is 1. The Bertz CT molecular complexity index is 993. The Hall–Kier alpha value is -2.45. The van der Waals surface area contributed by atoms with Gasteiger partial charge in [-0.15, -0.1) is 11.3 Å². The van der Waals surface area contributed by atoms with Gasteiger partial charge >= 0.3 is 0 Å². The number of hydrogen-bond acceptors (Lipinski definition) is 6. The van der Waals surface area contributed by atoms with Crippen LogP contribution in [0.2, 0.25) is 0 Å². The van der Waals surface area contributed by atoms with Gasteiger partial charge in [-0.2, -0.15) is 0 Å². The van der Waals surface area contributed by atoms with Crippen LogP contribution in [-0.2, 0) is 11.2 Å². The number of carbonyl (C=O) groups is 1. The molecule has 0 saturated heterocycles. The lowest BCUT2D eigenvalue weighted by atomic mass is 10.1. The van der Waals surface area contributed by atoms with E-state index in [0.717, 1.165) is 16.1 Å². The zero-order valence-electron chi connectivity index (χ0n) is 15.3. The Balaban J connectivity index is 1.64. The topological polar surface area (TPSA) is 87.7 Å². The minimum Gasteiger partial charge on any atom is -0.301 e. The first-order chi connectivity index (χ1) is 12.9. The third-order valence-corrected chi connectivity index (χ3v) is 5.90. The first kappa shape index (κ1) is 19.3. The van der Waals surface area contributed by atoms with Crippen LogP contribution >= 0.6 is 23.1 Å². The molecule has 6 nitrogen and oxygen atoms in total. The molecule has 8 heteroatoms. The van der Waals surface area contributed by atoms with E-state index in [1.54, 1.807) is 0 Å². The lowest BCUT2D eigenvalue weighted by Gasteiger charge is -2.07. The number of aromatic nitrogens is 3. The van der Waals surface area contributed by atoms with Crippen molar-refractivity contribution < 1.29 is 4.79 Å². The number of amides is 1. The Morgan fingerprint density at radius 3 is 2.52 bits per heavy atom. The van der Waals surface area contributed by atoms with Crippen molar-refractivity contribution in [3.8, 4) is 0 Å². The fourth-order valence-corrected chi connectivity index (χ4v) is 4.01. The highest BCUT2D eigenvalue weighted by atomic mass is 32.2. The van der Waals surface area contributed by atoms with Gasteiger partial charge in [-0.25, -0.2) is 9.97 Å². The molecule has 3 rings (SSSR count). The number of nitrogens with one attached hydrogen (secondary N) is 2. The first-order valence-electron chi connectivity index (χ1n) is 8.43. The van der Waals surface area contributed by atoms with Crippen LogP contribution in [0.25, 0.3) is 0 Å². The van der Waals surface area contributed by atoms with Crippen molar-refractivity contribution in [1.82, 2.24) is 15.0 Å². The average Bonchev–Trinajstić information content (AvgIpc) is 2.94. The summed E-state index contributed by atoms with van der Waals surface area (Å²) in [5.74, 6) is -0.0274. The van der Waals surface area contributed by atoms with E-state index in [1.165, 1.54) is 23.1 Å². The van der Waals surface area contributed by atoms with Crippen molar-refractivity contribution in [3.05, 3.63) is 68.1 Å². The molecule has 2 heterocycles. The molecule has 0 aliphatic heterocycles. The van der Waals surface area contributed by atoms with Gasteiger partial charge in [-0.3, -0.25) is 9.59 Å². The number of rotatable bonds is 6. The molecule has 0 radical (unpaired) electrons. The highest BCUT2D eigenvalue weighted by Gasteiger charge is 2.12. The summed E-state index contributed by atoms with van der Waals surface area (Å²) >= 11 is 2.65. The number of aromatic amines is 1. The molecule has 2 aromatic heterocycles. The normalized spacial score (nSPS) is 10.8. The van der Waals surface area contributed by atoms with Crippen LogP contribution in [0.15, 0.2) is 40.3 Å². The molecule has 1 amide bonds. The van der Waals surface area contributed by atoms with Crippen molar-refractivity contribution in [3.63, 3.8) is 0 Å². The number of carbonyl (C=O) groups excluding carboxylic acids is 1. The highest BCUT2D eigenvalue weighted by Crippen LogP contribution is 2.22. The number of H-pyrrole nitrogens is 1. The third kappa shape index (κ3) is 5.05. The summed E-state index contributed by atoms with van der Waals surface area (Å²) < 4.78 is 0. The Morgan fingerprint density at radius 2 is 1.89 bits per heavy atom. The van der Waals surface area contributed by atoms with Gasteiger partial charge in [0, 0.05) is 22.6 Å². The van der Waals surface area contributed by atoms with E-state index in [0.29, 0.717) is 28.0 Å². The van der Waals surface area contributed by atoms with Gasteiger partial charge in [0.25, 0.3) is 5.56 Å². The summed E-state index contributed by atoms with van der Waals surface area (Å²) in [4.78, 5) is 37.1. The summed E-state index contributed by atoms with van der Waals surface area (Å²) in [7, 11) is 0. The summed E-state index contributed by atoms with van der Waals surface area (Å²) in [5, 5.41) is 3.80. The van der Waals surface area contributed by atoms with Crippen LogP contribution in [0, 0.1) is 20.8 Å². The van der Waals surface area contributed by atoms with Gasteiger partial charge < -0.3 is 10.3 Å². The third-order valence-electron chi connectivity index (χ3n) is 4.04. The van der Waals surface area contributed by atoms with Gasteiger partial charge in [0.15, 0.2) is 10.3 Å². The Kier molecular flexibility index (Phi) is 6.08. The summed E-state index contributed by atoms with van der Waals surface area (Å²) in [5.41, 5.74) is 3.13. The van der Waals surface area contributed by atoms with E-state index in [4.69, 9.17) is 0 Å². The van der Waals surface area contributed by atoms with E-state index in [1.807, 2.05) is 51.1 Å². The maximum absolute atomic E-state index is 12.4. The van der Waals surface area contributed by atoms with Gasteiger partial charge in [0.2, 0.25) is 5.91 Å². The molecular formula is C19H20N4O2S2. The highest BCUT2D eigenvalue weighted by molar-refractivity contribution is 7.99. The van der Waals surface area contributed by atoms with Crippen molar-refractivity contribution in [2.24, 2.45) is 0 Å². The quantitative estimate of drug-likeness (QED) is 0.489. The number of nitrogens with zero attached hydrogens (tertiary/aromatic N) is 2. The van der Waals surface area contributed by atoms with Crippen LogP contribution in [-0.4, -0.2) is 26.6 Å². The van der Waals surface area contributed by atoms with E-state index in [9.17, 15) is 9.59 Å². The standard InChI is InChI=1S/C19H20N4O2S2/c1-11-13(3)27-19(20-11)22-16(24)10-26-18-21-12(2)15(17(25)23-18)9-14-7-5-4-6-8-14/h4-8H,9-10H2,1-3H3,(H,20,22,24)(H,21,23,25). The van der Waals surface area contributed by atoms with Crippen molar-refractivity contribution in [2.75, 3.05) is 11.1 Å². The van der Waals surface area contributed by atoms with E-state index < -0.39 is 0 Å². The molecule has 2 N–H and O–H groups in total. The second kappa shape index (κ2) is 8.49. The number of aryl methyl sites for hydroxylation is 3. The van der Waals surface area contributed by atoms with Crippen LogP contribution in [0.3, 0.4) is 0 Å². The first-order valence-corrected chi connectivity index (χ1v) is 10.2. The SMILES string of the molecule is Cc1nc(NC(=O)CSc2nc(C)c(Cc3ccccc3)c(=O)[nH]2)sc1C. The summed E-state index contributed by atoms with van der Waals surface area (Å²) in [6, 6.07) is 9.79. The Morgan fingerprint density at radius 1 is 1.15 bits per heavy atom. The number of anilines is 1. The summed E-state index contributed by atoms with van der Waals surface area (Å²) in [6.45, 7) is 5.69. The molecule has 140 valence electrons. The molecule has 0 fully saturated rings. The number of thiazole rings is 1. The van der Waals surface area contributed by atoms with Crippen LogP contribution in [0.5, 0.6) is 0 Å². The van der Waals surface area contributed by atoms with Crippen LogP contribution in [0.4, 0.5) is 5.13 Å². The van der Waals surface area contributed by atoms with Crippen LogP contribution < -0.4 is 10.9 Å². The Labute approximate surface area is 165 Å². The molecule has 0 bridgehead atoms. The van der Waals surface area contributed by atoms with Crippen molar-refractivity contribution in [2.45, 2.75) is 32.3 Å². The molecule has 0 unspecified atom stereocenters. The van der Waals surface area contributed by atoms with Gasteiger partial charge in [-0.05, 0) is 26.3 Å². The second-order valence-corrected chi connectivity index (χ2v) is 8.26. The van der Waals surface area contributed by atoms with Gasteiger partial charge in [0.1, 0.15) is 0 Å². The molecule has 0 atom stereocenters. The monoisotopic (exact) mass is 400 g/mol. The molecule has 3 aromatic rings. The predicted molar refractivity (Wildman–Crippen MR) is 110 cm³/mol. The lowest BCUT2D eigenvalue weighted by Crippen LogP contribution is -2.19. The predicted octanol–water partition coefficient (Wildman–Crippen LogP) is 3.47. The minimum atomic E-state index is -0.178. The maximum Gasteiger partial charge on any atom is 0.255 e. The zero-order chi connectivity index (χ0) is 19.4. The molecule has 0 aliphatic carbocycles. The van der Waals surface area contributed by atoms with E-state index in [-0.39, 0.29) is 17.2 Å². The molecule has 1 aromatic carbocycles. The maximum atomic E-state index is 12.4. The number of benzene rings is 1. The van der Waals surface area contributed by atoms with Gasteiger partial charge in [0.05, 0.1) is 11.4 Å². The van der Waals surface area contributed by atoms with E-state index in [2.05, 4.69) is 20.3 Å². The molecule has 27 heavy (non-hydrogen) atoms. The smallest absolute Gasteiger partial charge is 0.255 e. The fourth-order valence-electron chi connectivity index (χ4n) is 2.48. The van der Waals surface area contributed by atoms with Crippen molar-refractivity contribution >= 4 is 34.1 Å². The van der Waals surface area contributed by atoms with E-state index >= 15 is 0 Å². The minimum absolute atomic E-state index is 0.151. The van der Waals surface area contributed by atoms with Crippen LogP contribution in [0.1, 0.15) is 27.4 Å². The summed E-state index contributed by atoms with van der Waals surface area (Å²) in [6.07, 6.45) is 0.531. The van der Waals surface area contributed by atoms with Crippen molar-refractivity contribution in [1.29, 1.82) is 0 Å².